The van der Waals surface area contributed by atoms with Crippen LogP contribution in [0.1, 0.15) is 24.5 Å². The average molecular weight is 544 g/mol. The van der Waals surface area contributed by atoms with Crippen LogP contribution in [0.25, 0.3) is 10.8 Å². The number of carbonyl (C=O) groups is 2. The van der Waals surface area contributed by atoms with E-state index >= 15 is 0 Å². The number of hydrogen-bond donors (Lipinski definition) is 2. The van der Waals surface area contributed by atoms with Gasteiger partial charge < -0.3 is 14.8 Å². The zero-order valence-corrected chi connectivity index (χ0v) is 22.4. The molecule has 39 heavy (non-hydrogen) atoms. The van der Waals surface area contributed by atoms with E-state index in [2.05, 4.69) is 15.8 Å². The molecule has 4 aromatic rings. The first-order valence-corrected chi connectivity index (χ1v) is 13.1. The molecule has 0 aliphatic rings. The second-order valence-corrected chi connectivity index (χ2v) is 9.27. The third-order valence-electron chi connectivity index (χ3n) is 5.88. The minimum atomic E-state index is -0.866. The summed E-state index contributed by atoms with van der Waals surface area (Å²) in [4.78, 5) is 25.9. The number of ether oxygens (including phenoxy) is 2. The van der Waals surface area contributed by atoms with Crippen molar-refractivity contribution in [1.29, 1.82) is 0 Å². The second kappa shape index (κ2) is 14.0. The largest absolute Gasteiger partial charge is 0.493 e. The van der Waals surface area contributed by atoms with Gasteiger partial charge in [-0.05, 0) is 53.1 Å². The number of fused-ring (bicyclic) bond motifs is 1. The summed E-state index contributed by atoms with van der Waals surface area (Å²) in [7, 11) is 0. The summed E-state index contributed by atoms with van der Waals surface area (Å²) in [6.07, 6.45) is 2.73. The van der Waals surface area contributed by atoms with Gasteiger partial charge in [0.15, 0.2) is 6.61 Å². The minimum Gasteiger partial charge on any atom is -0.493 e. The molecule has 7 nitrogen and oxygen atoms in total. The van der Waals surface area contributed by atoms with E-state index in [1.54, 1.807) is 30.5 Å². The number of hydrogen-bond acceptors (Lipinski definition) is 5. The van der Waals surface area contributed by atoms with E-state index in [1.807, 2.05) is 73.7 Å². The number of carbonyl (C=O) groups excluding carboxylic acids is 2. The predicted molar refractivity (Wildman–Crippen MR) is 154 cm³/mol. The maximum atomic E-state index is 13.2. The van der Waals surface area contributed by atoms with E-state index in [0.717, 1.165) is 28.3 Å². The summed E-state index contributed by atoms with van der Waals surface area (Å²) in [6.45, 7) is 2.35. The van der Waals surface area contributed by atoms with Crippen LogP contribution in [-0.4, -0.2) is 37.3 Å². The molecular weight excluding hydrogens is 514 g/mol. The van der Waals surface area contributed by atoms with Gasteiger partial charge in [0.05, 0.1) is 12.8 Å². The third-order valence-corrected chi connectivity index (χ3v) is 6.13. The van der Waals surface area contributed by atoms with Crippen molar-refractivity contribution in [3.63, 3.8) is 0 Å². The molecule has 2 N–H and O–H groups in total. The highest BCUT2D eigenvalue weighted by atomic mass is 35.5. The van der Waals surface area contributed by atoms with Crippen LogP contribution < -0.4 is 20.2 Å². The van der Waals surface area contributed by atoms with Gasteiger partial charge in [-0.15, -0.1) is 0 Å². The Kier molecular flexibility index (Phi) is 9.92. The Hall–Kier alpha value is -4.36. The summed E-state index contributed by atoms with van der Waals surface area (Å²) in [5.41, 5.74) is 4.25. The SMILES string of the molecule is CCCOc1ccc2ccccc2c1/C=N\NC(=O)[C@@H](Cc1ccccc1)NC(=O)COc1ccc(Cl)cc1. The van der Waals surface area contributed by atoms with Crippen molar-refractivity contribution in [1.82, 2.24) is 10.7 Å². The molecule has 0 heterocycles. The number of benzene rings is 4. The summed E-state index contributed by atoms with van der Waals surface area (Å²) < 4.78 is 11.5. The number of hydrazone groups is 1. The number of halogens is 1. The van der Waals surface area contributed by atoms with Crippen LogP contribution >= 0.6 is 11.6 Å². The molecule has 0 aliphatic heterocycles. The predicted octanol–water partition coefficient (Wildman–Crippen LogP) is 5.54. The van der Waals surface area contributed by atoms with Crippen LogP contribution in [0.4, 0.5) is 0 Å². The number of nitrogens with one attached hydrogen (secondary N) is 2. The van der Waals surface area contributed by atoms with E-state index in [4.69, 9.17) is 21.1 Å². The van der Waals surface area contributed by atoms with Gasteiger partial charge in [0.2, 0.25) is 0 Å². The smallest absolute Gasteiger partial charge is 0.262 e. The Bertz CT molecular complexity index is 1430. The molecule has 0 fully saturated rings. The summed E-state index contributed by atoms with van der Waals surface area (Å²) in [5.74, 6) is 0.293. The molecule has 4 rings (SSSR count). The lowest BCUT2D eigenvalue weighted by Gasteiger charge is -2.17. The lowest BCUT2D eigenvalue weighted by Crippen LogP contribution is -2.48. The lowest BCUT2D eigenvalue weighted by atomic mass is 10.0. The molecule has 0 saturated carbocycles. The standard InChI is InChI=1S/C31H30ClN3O4/c1-2-18-38-29-17-12-23-10-6-7-11-26(23)27(29)20-33-35-31(37)28(19-22-8-4-3-5-9-22)34-30(36)21-39-25-15-13-24(32)14-16-25/h3-17,20,28H,2,18-19,21H2,1H3,(H,34,36)(H,35,37)/b33-20-/t28-/m1/s1. The molecule has 0 aliphatic carbocycles. The second-order valence-electron chi connectivity index (χ2n) is 8.83. The number of amides is 2. The van der Waals surface area contributed by atoms with Crippen molar-refractivity contribution in [3.05, 3.63) is 107 Å². The van der Waals surface area contributed by atoms with Crippen molar-refractivity contribution in [2.45, 2.75) is 25.8 Å². The van der Waals surface area contributed by atoms with Crippen molar-refractivity contribution in [2.75, 3.05) is 13.2 Å². The fraction of sp³-hybridized carbons (Fsp3) is 0.194. The van der Waals surface area contributed by atoms with Crippen LogP contribution in [0.2, 0.25) is 5.02 Å². The third kappa shape index (κ3) is 8.06. The van der Waals surface area contributed by atoms with Gasteiger partial charge in [-0.3, -0.25) is 9.59 Å². The van der Waals surface area contributed by atoms with Gasteiger partial charge in [0, 0.05) is 17.0 Å². The van der Waals surface area contributed by atoms with E-state index in [9.17, 15) is 9.59 Å². The average Bonchev–Trinajstić information content (AvgIpc) is 2.96. The van der Waals surface area contributed by atoms with E-state index in [-0.39, 0.29) is 13.0 Å². The van der Waals surface area contributed by atoms with Gasteiger partial charge >= 0.3 is 0 Å². The molecule has 2 amide bonds. The highest BCUT2D eigenvalue weighted by Crippen LogP contribution is 2.27. The van der Waals surface area contributed by atoms with Crippen LogP contribution in [0.3, 0.4) is 0 Å². The highest BCUT2D eigenvalue weighted by molar-refractivity contribution is 6.30. The fourth-order valence-electron chi connectivity index (χ4n) is 3.96. The molecule has 8 heteroatoms. The molecule has 0 radical (unpaired) electrons. The minimum absolute atomic E-state index is 0.252. The van der Waals surface area contributed by atoms with Gasteiger partial charge in [-0.1, -0.05) is 79.2 Å². The molecule has 0 saturated heterocycles. The van der Waals surface area contributed by atoms with E-state index in [1.165, 1.54) is 0 Å². The zero-order valence-electron chi connectivity index (χ0n) is 21.6. The normalized spacial score (nSPS) is 11.7. The zero-order chi connectivity index (χ0) is 27.5. The van der Waals surface area contributed by atoms with Gasteiger partial charge in [-0.25, -0.2) is 5.43 Å². The molecule has 0 aromatic heterocycles. The van der Waals surface area contributed by atoms with Crippen LogP contribution in [0, 0.1) is 0 Å². The Morgan fingerprint density at radius 2 is 1.67 bits per heavy atom. The van der Waals surface area contributed by atoms with Crippen molar-refractivity contribution >= 4 is 40.4 Å². The van der Waals surface area contributed by atoms with Crippen LogP contribution in [-0.2, 0) is 16.0 Å². The summed E-state index contributed by atoms with van der Waals surface area (Å²) >= 11 is 5.90. The van der Waals surface area contributed by atoms with Crippen molar-refractivity contribution < 1.29 is 19.1 Å². The monoisotopic (exact) mass is 543 g/mol. The first kappa shape index (κ1) is 27.7. The number of nitrogens with zero attached hydrogens (tertiary/aromatic N) is 1. The molecular formula is C31H30ClN3O4. The van der Waals surface area contributed by atoms with Crippen molar-refractivity contribution in [2.24, 2.45) is 5.10 Å². The first-order valence-electron chi connectivity index (χ1n) is 12.7. The topological polar surface area (TPSA) is 89.0 Å². The fourth-order valence-corrected chi connectivity index (χ4v) is 4.09. The molecule has 0 spiro atoms. The summed E-state index contributed by atoms with van der Waals surface area (Å²) in [5, 5.41) is 9.55. The maximum absolute atomic E-state index is 13.2. The lowest BCUT2D eigenvalue weighted by molar-refractivity contribution is -0.130. The van der Waals surface area contributed by atoms with Crippen molar-refractivity contribution in [3.8, 4) is 11.5 Å². The Morgan fingerprint density at radius 3 is 2.44 bits per heavy atom. The molecule has 200 valence electrons. The van der Waals surface area contributed by atoms with Gasteiger partial charge in [0.1, 0.15) is 17.5 Å². The Labute approximate surface area is 232 Å². The molecule has 1 atom stereocenters. The maximum Gasteiger partial charge on any atom is 0.262 e. The van der Waals surface area contributed by atoms with Crippen LogP contribution in [0.5, 0.6) is 11.5 Å². The summed E-state index contributed by atoms with van der Waals surface area (Å²) in [6, 6.07) is 27.1. The molecule has 4 aromatic carbocycles. The quantitative estimate of drug-likeness (QED) is 0.181. The highest BCUT2D eigenvalue weighted by Gasteiger charge is 2.21. The first-order chi connectivity index (χ1) is 19.0. The Morgan fingerprint density at radius 1 is 0.923 bits per heavy atom. The Balaban J connectivity index is 1.47. The van der Waals surface area contributed by atoms with Gasteiger partial charge in [0.25, 0.3) is 11.8 Å². The number of rotatable bonds is 12. The molecule has 0 bridgehead atoms. The molecule has 0 unspecified atom stereocenters. The van der Waals surface area contributed by atoms with E-state index in [0.29, 0.717) is 23.1 Å². The van der Waals surface area contributed by atoms with Gasteiger partial charge in [-0.2, -0.15) is 5.10 Å². The van der Waals surface area contributed by atoms with Crippen LogP contribution in [0.15, 0.2) is 96.1 Å². The van der Waals surface area contributed by atoms with E-state index < -0.39 is 17.9 Å².